The highest BCUT2D eigenvalue weighted by Gasteiger charge is 2.53. The van der Waals surface area contributed by atoms with E-state index in [1.165, 1.54) is 6.07 Å². The summed E-state index contributed by atoms with van der Waals surface area (Å²) in [5.41, 5.74) is 1.50. The molecule has 1 aliphatic carbocycles. The van der Waals surface area contributed by atoms with E-state index in [2.05, 4.69) is 21.6 Å². The topological polar surface area (TPSA) is 128 Å². The lowest BCUT2D eigenvalue weighted by molar-refractivity contribution is -0.139. The SMILES string of the molecule is Cc1cc(Oc2ccc(C(=O)N[C@H](C)C(=O)N3C(C4(C#N)CCC4)CC[C@H]3c3cccc(Cl)c3)cc2C)c(=O)[nH]n1. The lowest BCUT2D eigenvalue weighted by atomic mass is 9.64. The quantitative estimate of drug-likeness (QED) is 0.391. The van der Waals surface area contributed by atoms with Crippen LogP contribution in [0.4, 0.5) is 0 Å². The zero-order valence-electron chi connectivity index (χ0n) is 23.2. The Labute approximate surface area is 243 Å². The summed E-state index contributed by atoms with van der Waals surface area (Å²) in [7, 11) is 0. The van der Waals surface area contributed by atoms with Crippen LogP contribution in [0.2, 0.25) is 5.02 Å². The Hall–Kier alpha value is -4.16. The number of aromatic nitrogens is 2. The van der Waals surface area contributed by atoms with Crippen LogP contribution in [0, 0.1) is 30.6 Å². The Bertz CT molecular complexity index is 1590. The van der Waals surface area contributed by atoms with E-state index in [0.717, 1.165) is 37.7 Å². The Morgan fingerprint density at radius 2 is 1.95 bits per heavy atom. The van der Waals surface area contributed by atoms with E-state index in [1.54, 1.807) is 45.0 Å². The summed E-state index contributed by atoms with van der Waals surface area (Å²) in [6.07, 6.45) is 3.94. The second-order valence-electron chi connectivity index (χ2n) is 11.0. The van der Waals surface area contributed by atoms with Gasteiger partial charge >= 0.3 is 5.56 Å². The van der Waals surface area contributed by atoms with Gasteiger partial charge in [-0.15, -0.1) is 0 Å². The van der Waals surface area contributed by atoms with Gasteiger partial charge in [0, 0.05) is 16.7 Å². The van der Waals surface area contributed by atoms with E-state index in [9.17, 15) is 19.6 Å². The van der Waals surface area contributed by atoms with E-state index < -0.39 is 22.9 Å². The van der Waals surface area contributed by atoms with Crippen LogP contribution in [0.15, 0.2) is 53.3 Å². The molecule has 10 heteroatoms. The van der Waals surface area contributed by atoms with Crippen LogP contribution in [-0.2, 0) is 4.79 Å². The summed E-state index contributed by atoms with van der Waals surface area (Å²) in [4.78, 5) is 41.1. The lowest BCUT2D eigenvalue weighted by Gasteiger charge is -2.46. The van der Waals surface area contributed by atoms with Crippen LogP contribution >= 0.6 is 11.6 Å². The fourth-order valence-electron chi connectivity index (χ4n) is 5.93. The normalized spacial score (nSPS) is 20.0. The van der Waals surface area contributed by atoms with Gasteiger partial charge in [-0.25, -0.2) is 5.10 Å². The van der Waals surface area contributed by atoms with Gasteiger partial charge < -0.3 is 15.0 Å². The number of H-pyrrole nitrogens is 1. The van der Waals surface area contributed by atoms with Crippen LogP contribution in [-0.4, -0.2) is 39.0 Å². The van der Waals surface area contributed by atoms with Gasteiger partial charge in [-0.05, 0) is 87.9 Å². The van der Waals surface area contributed by atoms with E-state index in [4.69, 9.17) is 16.3 Å². The molecule has 2 heterocycles. The molecule has 0 spiro atoms. The molecular weight excluding hydrogens is 542 g/mol. The van der Waals surface area contributed by atoms with Gasteiger partial charge in [0.15, 0.2) is 5.75 Å². The van der Waals surface area contributed by atoms with Crippen LogP contribution < -0.4 is 15.6 Å². The van der Waals surface area contributed by atoms with Crippen molar-refractivity contribution >= 4 is 23.4 Å². The largest absolute Gasteiger partial charge is 0.451 e. The fraction of sp³-hybridized carbons (Fsp3) is 0.387. The number of rotatable bonds is 7. The van der Waals surface area contributed by atoms with Gasteiger partial charge in [-0.1, -0.05) is 30.2 Å². The van der Waals surface area contributed by atoms with Crippen LogP contribution in [0.25, 0.3) is 0 Å². The van der Waals surface area contributed by atoms with Gasteiger partial charge in [-0.2, -0.15) is 10.4 Å². The van der Waals surface area contributed by atoms with Crippen molar-refractivity contribution in [1.82, 2.24) is 20.4 Å². The number of likely N-dealkylation sites (tertiary alicyclic amines) is 1. The number of ether oxygens (including phenoxy) is 1. The van der Waals surface area contributed by atoms with E-state index in [1.807, 2.05) is 23.1 Å². The Balaban J connectivity index is 1.34. The van der Waals surface area contributed by atoms with Crippen LogP contribution in [0.3, 0.4) is 0 Å². The minimum absolute atomic E-state index is 0.105. The first-order valence-corrected chi connectivity index (χ1v) is 14.1. The number of benzene rings is 2. The average Bonchev–Trinajstić information content (AvgIpc) is 3.36. The third-order valence-corrected chi connectivity index (χ3v) is 8.49. The maximum absolute atomic E-state index is 14.0. The third-order valence-electron chi connectivity index (χ3n) is 8.25. The smallest absolute Gasteiger partial charge is 0.307 e. The molecule has 0 radical (unpaired) electrons. The molecule has 41 heavy (non-hydrogen) atoms. The molecule has 1 saturated heterocycles. The predicted molar refractivity (Wildman–Crippen MR) is 154 cm³/mol. The number of hydrogen-bond donors (Lipinski definition) is 2. The Morgan fingerprint density at radius 3 is 2.61 bits per heavy atom. The van der Waals surface area contributed by atoms with Crippen molar-refractivity contribution in [2.24, 2.45) is 5.41 Å². The second-order valence-corrected chi connectivity index (χ2v) is 11.4. The van der Waals surface area contributed by atoms with E-state index >= 15 is 0 Å². The summed E-state index contributed by atoms with van der Waals surface area (Å²) in [6, 6.07) is 15.1. The standard InChI is InChI=1S/C31H32ClN5O4/c1-18-14-22(8-10-25(18)41-26-15-19(2)35-36-29(26)39)28(38)34-20(3)30(40)37-24(21-6-4-7-23(32)16-21)9-11-27(37)31(17-33)12-5-13-31/h4,6-8,10,14-16,20,24,27H,5,9,11-13H2,1-3H3,(H,34,38)(H,36,39)/t20-,24+,27?/m1/s1. The molecule has 1 aliphatic heterocycles. The molecule has 2 N–H and O–H groups in total. The highest BCUT2D eigenvalue weighted by molar-refractivity contribution is 6.30. The molecule has 3 atom stereocenters. The molecule has 1 aromatic heterocycles. The molecule has 1 unspecified atom stereocenters. The lowest BCUT2D eigenvalue weighted by Crippen LogP contribution is -2.55. The number of nitrogens with zero attached hydrogens (tertiary/aromatic N) is 3. The van der Waals surface area contributed by atoms with Gasteiger partial charge in [0.1, 0.15) is 11.8 Å². The minimum atomic E-state index is -0.824. The fourth-order valence-corrected chi connectivity index (χ4v) is 6.12. The van der Waals surface area contributed by atoms with Crippen molar-refractivity contribution in [1.29, 1.82) is 5.26 Å². The summed E-state index contributed by atoms with van der Waals surface area (Å²) >= 11 is 6.28. The highest BCUT2D eigenvalue weighted by Crippen LogP contribution is 2.52. The second kappa shape index (κ2) is 11.4. The summed E-state index contributed by atoms with van der Waals surface area (Å²) < 4.78 is 5.76. The molecule has 5 rings (SSSR count). The molecule has 0 bridgehead atoms. The van der Waals surface area contributed by atoms with Gasteiger partial charge in [0.2, 0.25) is 5.91 Å². The maximum atomic E-state index is 14.0. The van der Waals surface area contributed by atoms with Gasteiger partial charge in [0.25, 0.3) is 5.91 Å². The van der Waals surface area contributed by atoms with Gasteiger partial charge in [-0.3, -0.25) is 14.4 Å². The number of nitriles is 1. The Kier molecular flexibility index (Phi) is 7.87. The molecule has 2 aromatic carbocycles. The molecule has 9 nitrogen and oxygen atoms in total. The third kappa shape index (κ3) is 5.57. The first-order chi connectivity index (χ1) is 19.6. The molecule has 2 aliphatic rings. The monoisotopic (exact) mass is 573 g/mol. The first-order valence-electron chi connectivity index (χ1n) is 13.8. The van der Waals surface area contributed by atoms with Crippen molar-refractivity contribution < 1.29 is 14.3 Å². The number of hydrogen-bond acceptors (Lipinski definition) is 6. The number of amides is 2. The maximum Gasteiger partial charge on any atom is 0.307 e. The van der Waals surface area contributed by atoms with E-state index in [0.29, 0.717) is 27.6 Å². The zero-order chi connectivity index (χ0) is 29.3. The van der Waals surface area contributed by atoms with Crippen LogP contribution in [0.1, 0.15) is 72.2 Å². The number of aromatic amines is 1. The zero-order valence-corrected chi connectivity index (χ0v) is 24.0. The predicted octanol–water partition coefficient (Wildman–Crippen LogP) is 5.38. The molecule has 212 valence electrons. The van der Waals surface area contributed by atoms with Gasteiger partial charge in [0.05, 0.1) is 29.3 Å². The number of halogens is 1. The molecule has 3 aromatic rings. The molecule has 1 saturated carbocycles. The first kappa shape index (κ1) is 28.4. The minimum Gasteiger partial charge on any atom is -0.451 e. The molecule has 2 fully saturated rings. The number of carbonyl (C=O) groups is 2. The van der Waals surface area contributed by atoms with Crippen molar-refractivity contribution in [2.45, 2.75) is 71.0 Å². The summed E-state index contributed by atoms with van der Waals surface area (Å²) in [5, 5.41) is 19.8. The number of nitrogens with one attached hydrogen (secondary N) is 2. The van der Waals surface area contributed by atoms with Crippen molar-refractivity contribution in [3.8, 4) is 17.6 Å². The summed E-state index contributed by atoms with van der Waals surface area (Å²) in [6.45, 7) is 5.18. The Morgan fingerprint density at radius 1 is 1.17 bits per heavy atom. The average molecular weight is 574 g/mol. The van der Waals surface area contributed by atoms with Crippen molar-refractivity contribution in [2.75, 3.05) is 0 Å². The number of aryl methyl sites for hydroxylation is 2. The molecule has 2 amide bonds. The molecular formula is C31H32ClN5O4. The van der Waals surface area contributed by atoms with Crippen LogP contribution in [0.5, 0.6) is 11.5 Å². The van der Waals surface area contributed by atoms with Crippen molar-refractivity contribution in [3.05, 3.63) is 86.3 Å². The number of carbonyl (C=O) groups excluding carboxylic acids is 2. The highest BCUT2D eigenvalue weighted by atomic mass is 35.5. The summed E-state index contributed by atoms with van der Waals surface area (Å²) in [5.74, 6) is -0.107. The van der Waals surface area contributed by atoms with E-state index in [-0.39, 0.29) is 23.7 Å². The van der Waals surface area contributed by atoms with Crippen molar-refractivity contribution in [3.63, 3.8) is 0 Å².